The molecule has 1 amide bonds. The Morgan fingerprint density at radius 1 is 1.38 bits per heavy atom. The van der Waals surface area contributed by atoms with Gasteiger partial charge >= 0.3 is 6.18 Å². The average molecular weight is 368 g/mol. The molecule has 0 unspecified atom stereocenters. The largest absolute Gasteiger partial charge is 0.410 e. The summed E-state index contributed by atoms with van der Waals surface area (Å²) in [6.45, 7) is 0.555. The van der Waals surface area contributed by atoms with Crippen LogP contribution in [0.1, 0.15) is 34.6 Å². The fraction of sp³-hybridized carbons (Fsp3) is 0.412. The Morgan fingerprint density at radius 2 is 2.12 bits per heavy atom. The zero-order valence-electron chi connectivity index (χ0n) is 14.1. The third-order valence-electron chi connectivity index (χ3n) is 4.22. The van der Waals surface area contributed by atoms with Gasteiger partial charge < -0.3 is 15.4 Å². The number of rotatable bonds is 5. The molecule has 0 fully saturated rings. The van der Waals surface area contributed by atoms with Gasteiger partial charge in [0.05, 0.1) is 12.6 Å². The lowest BCUT2D eigenvalue weighted by atomic mass is 9.97. The van der Waals surface area contributed by atoms with E-state index in [1.54, 1.807) is 30.3 Å². The van der Waals surface area contributed by atoms with Crippen molar-refractivity contribution in [3.8, 4) is 0 Å². The summed E-state index contributed by atoms with van der Waals surface area (Å²) < 4.78 is 46.4. The number of methoxy groups -OCH3 is 1. The van der Waals surface area contributed by atoms with Crippen LogP contribution < -0.4 is 10.6 Å². The van der Waals surface area contributed by atoms with Crippen molar-refractivity contribution in [2.45, 2.75) is 24.7 Å². The van der Waals surface area contributed by atoms with Gasteiger partial charge in [-0.3, -0.25) is 4.79 Å². The molecule has 2 aromatic rings. The van der Waals surface area contributed by atoms with Crippen molar-refractivity contribution in [2.75, 3.05) is 25.6 Å². The molecule has 26 heavy (non-hydrogen) atoms. The molecule has 3 rings (SSSR count). The Hall–Kier alpha value is -2.55. The maximum absolute atomic E-state index is 13.6. The number of nitrogens with zero attached hydrogens (tertiary/aromatic N) is 2. The first-order valence-corrected chi connectivity index (χ1v) is 8.15. The number of ether oxygens (including phenoxy) is 1. The molecule has 0 saturated carbocycles. The van der Waals surface area contributed by atoms with Gasteiger partial charge in [-0.1, -0.05) is 30.3 Å². The molecule has 0 radical (unpaired) electrons. The van der Waals surface area contributed by atoms with Crippen LogP contribution in [0.25, 0.3) is 0 Å². The van der Waals surface area contributed by atoms with Gasteiger partial charge in [-0.2, -0.15) is 18.3 Å². The van der Waals surface area contributed by atoms with Crippen LogP contribution in [0.5, 0.6) is 0 Å². The predicted octanol–water partition coefficient (Wildman–Crippen LogP) is 2.92. The molecule has 1 aliphatic rings. The third kappa shape index (κ3) is 3.82. The van der Waals surface area contributed by atoms with Crippen molar-refractivity contribution in [1.82, 2.24) is 15.1 Å². The van der Waals surface area contributed by atoms with Crippen LogP contribution in [0.2, 0.25) is 0 Å². The number of fused-ring (bicyclic) bond motifs is 1. The first-order valence-electron chi connectivity index (χ1n) is 8.15. The summed E-state index contributed by atoms with van der Waals surface area (Å²) >= 11 is 0. The second-order valence-corrected chi connectivity index (χ2v) is 6.01. The first-order chi connectivity index (χ1) is 12.4. The zero-order valence-corrected chi connectivity index (χ0v) is 14.1. The second-order valence-electron chi connectivity index (χ2n) is 6.01. The summed E-state index contributed by atoms with van der Waals surface area (Å²) in [5.41, 5.74) is 0.687. The minimum Gasteiger partial charge on any atom is -0.383 e. The van der Waals surface area contributed by atoms with Gasteiger partial charge in [-0.05, 0) is 5.56 Å². The highest BCUT2D eigenvalue weighted by molar-refractivity contribution is 5.93. The van der Waals surface area contributed by atoms with E-state index in [4.69, 9.17) is 4.74 Å². The van der Waals surface area contributed by atoms with Gasteiger partial charge in [-0.15, -0.1) is 0 Å². The molecule has 0 spiro atoms. The number of hydrogen-bond acceptors (Lipinski definition) is 4. The molecule has 0 saturated heterocycles. The summed E-state index contributed by atoms with van der Waals surface area (Å²) in [5.74, 6) is -0.368. The number of carbonyl (C=O) groups excluding carboxylic acids is 1. The highest BCUT2D eigenvalue weighted by Gasteiger charge is 2.46. The Kier molecular flexibility index (Phi) is 5.17. The van der Waals surface area contributed by atoms with E-state index in [-0.39, 0.29) is 24.5 Å². The highest BCUT2D eigenvalue weighted by atomic mass is 19.4. The number of benzene rings is 1. The van der Waals surface area contributed by atoms with Crippen molar-refractivity contribution in [1.29, 1.82) is 0 Å². The molecule has 1 aliphatic heterocycles. The molecule has 140 valence electrons. The SMILES string of the molecule is COCCNC(=O)c1cc2n(n1)[C@@H](C(F)(F)F)C[C@H](c1ccccc1)N2. The predicted molar refractivity (Wildman–Crippen MR) is 89.0 cm³/mol. The molecule has 1 aromatic heterocycles. The molecule has 0 bridgehead atoms. The van der Waals surface area contributed by atoms with Crippen LogP contribution in [-0.2, 0) is 4.74 Å². The van der Waals surface area contributed by atoms with Gasteiger partial charge in [-0.25, -0.2) is 4.68 Å². The summed E-state index contributed by atoms with van der Waals surface area (Å²) in [7, 11) is 1.49. The molecular formula is C17H19F3N4O2. The number of carbonyl (C=O) groups is 1. The lowest BCUT2D eigenvalue weighted by molar-refractivity contribution is -0.173. The lowest BCUT2D eigenvalue weighted by Gasteiger charge is -2.33. The van der Waals surface area contributed by atoms with E-state index in [1.807, 2.05) is 0 Å². The van der Waals surface area contributed by atoms with Crippen molar-refractivity contribution >= 4 is 11.7 Å². The van der Waals surface area contributed by atoms with Crippen molar-refractivity contribution < 1.29 is 22.7 Å². The average Bonchev–Trinajstić information content (AvgIpc) is 3.05. The van der Waals surface area contributed by atoms with Crippen molar-refractivity contribution in [3.05, 3.63) is 47.7 Å². The second kappa shape index (κ2) is 7.36. The fourth-order valence-corrected chi connectivity index (χ4v) is 2.95. The standard InChI is InChI=1S/C17H19F3N4O2/c1-26-8-7-21-16(25)13-10-15-22-12(11-5-3-2-4-6-11)9-14(17(18,19)20)24(15)23-13/h2-6,10,12,14,22H,7-9H2,1H3,(H,21,25)/t12-,14-/m1/s1. The van der Waals surface area contributed by atoms with Crippen LogP contribution in [0.15, 0.2) is 36.4 Å². The number of hydrogen-bond donors (Lipinski definition) is 2. The smallest absolute Gasteiger partial charge is 0.383 e. The molecular weight excluding hydrogens is 349 g/mol. The number of nitrogens with one attached hydrogen (secondary N) is 2. The quantitative estimate of drug-likeness (QED) is 0.797. The van der Waals surface area contributed by atoms with E-state index in [1.165, 1.54) is 13.2 Å². The maximum Gasteiger partial charge on any atom is 0.410 e. The Morgan fingerprint density at radius 3 is 2.77 bits per heavy atom. The van der Waals surface area contributed by atoms with Gasteiger partial charge in [0.2, 0.25) is 0 Å². The van der Waals surface area contributed by atoms with E-state index >= 15 is 0 Å². The number of halogens is 3. The van der Waals surface area contributed by atoms with E-state index in [2.05, 4.69) is 15.7 Å². The fourth-order valence-electron chi connectivity index (χ4n) is 2.95. The molecule has 0 aliphatic carbocycles. The number of anilines is 1. The molecule has 2 N–H and O–H groups in total. The van der Waals surface area contributed by atoms with Crippen molar-refractivity contribution in [2.24, 2.45) is 0 Å². The molecule has 6 nitrogen and oxygen atoms in total. The van der Waals surface area contributed by atoms with Crippen LogP contribution in [0, 0.1) is 0 Å². The van der Waals surface area contributed by atoms with Gasteiger partial charge in [0.1, 0.15) is 5.82 Å². The minimum atomic E-state index is -4.47. The monoisotopic (exact) mass is 368 g/mol. The number of amides is 1. The van der Waals surface area contributed by atoms with Crippen LogP contribution in [0.3, 0.4) is 0 Å². The minimum absolute atomic E-state index is 0.0634. The van der Waals surface area contributed by atoms with E-state index in [0.717, 1.165) is 10.2 Å². The van der Waals surface area contributed by atoms with E-state index in [9.17, 15) is 18.0 Å². The molecule has 2 atom stereocenters. The summed E-state index contributed by atoms with van der Waals surface area (Å²) in [4.78, 5) is 12.1. The first kappa shape index (κ1) is 18.2. The van der Waals surface area contributed by atoms with Crippen LogP contribution in [-0.4, -0.2) is 42.1 Å². The normalized spacial score (nSPS) is 19.5. The number of aromatic nitrogens is 2. The lowest BCUT2D eigenvalue weighted by Crippen LogP contribution is -2.35. The van der Waals surface area contributed by atoms with Gasteiger partial charge in [0.15, 0.2) is 11.7 Å². The summed E-state index contributed by atoms with van der Waals surface area (Å²) in [5, 5.41) is 9.50. The molecule has 1 aromatic carbocycles. The molecule has 9 heteroatoms. The highest BCUT2D eigenvalue weighted by Crippen LogP contribution is 2.43. The van der Waals surface area contributed by atoms with E-state index in [0.29, 0.717) is 6.61 Å². The summed E-state index contributed by atoms with van der Waals surface area (Å²) in [6.07, 6.45) is -4.67. The third-order valence-corrected chi connectivity index (χ3v) is 4.22. The van der Waals surface area contributed by atoms with Gasteiger partial charge in [0, 0.05) is 26.1 Å². The zero-order chi connectivity index (χ0) is 18.7. The number of alkyl halides is 3. The Labute approximate surface area is 148 Å². The van der Waals surface area contributed by atoms with Crippen LogP contribution >= 0.6 is 0 Å². The maximum atomic E-state index is 13.6. The Bertz CT molecular complexity index is 761. The van der Waals surface area contributed by atoms with Crippen LogP contribution in [0.4, 0.5) is 19.0 Å². The Balaban J connectivity index is 1.88. The van der Waals surface area contributed by atoms with E-state index < -0.39 is 24.2 Å². The summed E-state index contributed by atoms with van der Waals surface area (Å²) in [6, 6.07) is 7.93. The molecule has 2 heterocycles. The van der Waals surface area contributed by atoms with Crippen molar-refractivity contribution in [3.63, 3.8) is 0 Å². The van der Waals surface area contributed by atoms with Gasteiger partial charge in [0.25, 0.3) is 5.91 Å². The topological polar surface area (TPSA) is 68.2 Å².